The minimum atomic E-state index is 0.165. The van der Waals surface area contributed by atoms with Crippen LogP contribution < -0.4 is 0 Å². The largest absolute Gasteiger partial charge is 0.507 e. The van der Waals surface area contributed by atoms with E-state index in [4.69, 9.17) is 14.4 Å². The quantitative estimate of drug-likeness (QED) is 0.200. The van der Waals surface area contributed by atoms with Crippen molar-refractivity contribution in [1.29, 1.82) is 0 Å². The number of imidazole rings is 1. The maximum atomic E-state index is 11.7. The number of hydrogen-bond donors (Lipinski definition) is 1. The van der Waals surface area contributed by atoms with Crippen molar-refractivity contribution in [2.45, 2.75) is 0 Å². The SMILES string of the molecule is Oc1cc(-c2ccccc2)ccc1-c1nc2c(-c3cc(-c4ccccn4)c4oc5ccccc5c4c3)cccc2n1-c1cccc2ccccc12. The number of aromatic hydroxyl groups is 1. The van der Waals surface area contributed by atoms with Crippen LogP contribution in [0.3, 0.4) is 0 Å². The molecule has 51 heavy (non-hydrogen) atoms. The van der Waals surface area contributed by atoms with Gasteiger partial charge in [-0.25, -0.2) is 4.98 Å². The molecule has 10 aromatic rings. The second-order valence-electron chi connectivity index (χ2n) is 12.8. The molecular weight excluding hydrogens is 627 g/mol. The Morgan fingerprint density at radius 2 is 1.31 bits per heavy atom. The summed E-state index contributed by atoms with van der Waals surface area (Å²) in [7, 11) is 0. The van der Waals surface area contributed by atoms with Crippen molar-refractivity contribution in [3.8, 4) is 56.3 Å². The highest BCUT2D eigenvalue weighted by Crippen LogP contribution is 2.43. The molecule has 0 aliphatic carbocycles. The fraction of sp³-hybridized carbons (Fsp3) is 0. The number of aromatic nitrogens is 3. The molecule has 7 aromatic carbocycles. The number of pyridine rings is 1. The number of phenolic OH excluding ortho intramolecular Hbond substituents is 1. The van der Waals surface area contributed by atoms with Crippen LogP contribution in [0.25, 0.3) is 94.3 Å². The molecule has 10 rings (SSSR count). The number of para-hydroxylation sites is 2. The Hall–Kier alpha value is -6.98. The molecule has 240 valence electrons. The maximum Gasteiger partial charge on any atom is 0.149 e. The van der Waals surface area contributed by atoms with Crippen molar-refractivity contribution in [2.24, 2.45) is 0 Å². The highest BCUT2D eigenvalue weighted by Gasteiger charge is 2.23. The minimum absolute atomic E-state index is 0.165. The highest BCUT2D eigenvalue weighted by atomic mass is 16.3. The van der Waals surface area contributed by atoms with E-state index < -0.39 is 0 Å². The fourth-order valence-electron chi connectivity index (χ4n) is 7.39. The van der Waals surface area contributed by atoms with Gasteiger partial charge in [0.1, 0.15) is 22.7 Å². The lowest BCUT2D eigenvalue weighted by Crippen LogP contribution is -1.99. The molecule has 3 heterocycles. The van der Waals surface area contributed by atoms with Crippen molar-refractivity contribution in [2.75, 3.05) is 0 Å². The Labute approximate surface area is 293 Å². The lowest BCUT2D eigenvalue weighted by atomic mass is 9.97. The van der Waals surface area contributed by atoms with Gasteiger partial charge in [0.15, 0.2) is 0 Å². The Bertz CT molecular complexity index is 2920. The number of fused-ring (bicyclic) bond motifs is 5. The molecule has 5 nitrogen and oxygen atoms in total. The van der Waals surface area contributed by atoms with Crippen LogP contribution in [0, 0.1) is 0 Å². The first kappa shape index (κ1) is 29.0. The second kappa shape index (κ2) is 11.6. The van der Waals surface area contributed by atoms with Crippen LogP contribution in [0.2, 0.25) is 0 Å². The number of furan rings is 1. The van der Waals surface area contributed by atoms with Crippen LogP contribution in [0.5, 0.6) is 5.75 Å². The summed E-state index contributed by atoms with van der Waals surface area (Å²) in [6.45, 7) is 0. The van der Waals surface area contributed by atoms with Gasteiger partial charge in [0.25, 0.3) is 0 Å². The molecule has 5 heteroatoms. The van der Waals surface area contributed by atoms with Gasteiger partial charge in [-0.1, -0.05) is 109 Å². The third-order valence-corrected chi connectivity index (χ3v) is 9.77. The number of benzene rings is 7. The molecule has 0 aliphatic heterocycles. The normalized spacial score (nSPS) is 11.6. The van der Waals surface area contributed by atoms with Gasteiger partial charge in [0.05, 0.1) is 28.0 Å². The Kier molecular flexibility index (Phi) is 6.58. The first-order valence-corrected chi connectivity index (χ1v) is 17.0. The first-order valence-electron chi connectivity index (χ1n) is 17.0. The summed E-state index contributed by atoms with van der Waals surface area (Å²) in [6.07, 6.45) is 1.81. The van der Waals surface area contributed by atoms with E-state index in [-0.39, 0.29) is 5.75 Å². The standard InChI is InChI=1S/C46H29N3O2/c50-42-28-31(29-12-2-1-3-13-29)23-24-36(42)46-48-44-34(18-11-21-41(44)49(46)40-20-10-15-30-14-4-5-16-33(30)40)32-26-37-35-17-6-7-22-43(35)51-45(37)38(27-32)39-19-8-9-25-47-39/h1-28,50H. The van der Waals surface area contributed by atoms with Crippen LogP contribution in [-0.2, 0) is 0 Å². The molecule has 0 radical (unpaired) electrons. The number of hydrogen-bond acceptors (Lipinski definition) is 4. The zero-order valence-corrected chi connectivity index (χ0v) is 27.4. The molecule has 0 saturated carbocycles. The van der Waals surface area contributed by atoms with Crippen LogP contribution in [-0.4, -0.2) is 19.6 Å². The molecular formula is C46H29N3O2. The number of rotatable bonds is 5. The van der Waals surface area contributed by atoms with E-state index in [2.05, 4.69) is 89.5 Å². The molecule has 0 saturated heterocycles. The summed E-state index contributed by atoms with van der Waals surface area (Å²) in [4.78, 5) is 10.1. The van der Waals surface area contributed by atoms with Crippen LogP contribution in [0.15, 0.2) is 174 Å². The van der Waals surface area contributed by atoms with E-state index in [9.17, 15) is 5.11 Å². The van der Waals surface area contributed by atoms with Crippen molar-refractivity contribution in [3.05, 3.63) is 170 Å². The number of nitrogens with zero attached hydrogens (tertiary/aromatic N) is 3. The zero-order chi connectivity index (χ0) is 33.9. The van der Waals surface area contributed by atoms with Gasteiger partial charge >= 0.3 is 0 Å². The van der Waals surface area contributed by atoms with E-state index in [1.807, 2.05) is 85.1 Å². The van der Waals surface area contributed by atoms with Gasteiger partial charge in [-0.05, 0) is 76.7 Å². The van der Waals surface area contributed by atoms with Crippen molar-refractivity contribution in [3.63, 3.8) is 0 Å². The van der Waals surface area contributed by atoms with E-state index in [1.165, 1.54) is 0 Å². The van der Waals surface area contributed by atoms with Gasteiger partial charge in [-0.2, -0.15) is 0 Å². The number of phenols is 1. The lowest BCUT2D eigenvalue weighted by molar-refractivity contribution is 0.477. The predicted molar refractivity (Wildman–Crippen MR) is 207 cm³/mol. The average molecular weight is 656 g/mol. The lowest BCUT2D eigenvalue weighted by Gasteiger charge is -2.14. The average Bonchev–Trinajstić information content (AvgIpc) is 3.77. The van der Waals surface area contributed by atoms with E-state index in [0.717, 1.165) is 82.9 Å². The molecule has 0 fully saturated rings. The van der Waals surface area contributed by atoms with Crippen LogP contribution in [0.4, 0.5) is 0 Å². The van der Waals surface area contributed by atoms with Gasteiger partial charge in [-0.3, -0.25) is 9.55 Å². The van der Waals surface area contributed by atoms with Crippen molar-refractivity contribution in [1.82, 2.24) is 14.5 Å². The molecule has 0 unspecified atom stereocenters. The molecule has 0 amide bonds. The molecule has 0 bridgehead atoms. The molecule has 3 aromatic heterocycles. The fourth-order valence-corrected chi connectivity index (χ4v) is 7.39. The van der Waals surface area contributed by atoms with Crippen LogP contribution in [0.1, 0.15) is 0 Å². The van der Waals surface area contributed by atoms with E-state index in [1.54, 1.807) is 0 Å². The molecule has 0 atom stereocenters. The van der Waals surface area contributed by atoms with Gasteiger partial charge in [-0.15, -0.1) is 0 Å². The van der Waals surface area contributed by atoms with E-state index in [0.29, 0.717) is 11.4 Å². The Morgan fingerprint density at radius 3 is 2.18 bits per heavy atom. The Morgan fingerprint density at radius 1 is 0.529 bits per heavy atom. The third-order valence-electron chi connectivity index (χ3n) is 9.77. The monoisotopic (exact) mass is 655 g/mol. The van der Waals surface area contributed by atoms with Crippen molar-refractivity contribution >= 4 is 43.7 Å². The molecule has 0 aliphatic rings. The summed E-state index contributed by atoms with van der Waals surface area (Å²) < 4.78 is 8.65. The van der Waals surface area contributed by atoms with Gasteiger partial charge in [0.2, 0.25) is 0 Å². The molecule has 1 N–H and O–H groups in total. The van der Waals surface area contributed by atoms with Crippen LogP contribution >= 0.6 is 0 Å². The minimum Gasteiger partial charge on any atom is -0.507 e. The topological polar surface area (TPSA) is 64.1 Å². The smallest absolute Gasteiger partial charge is 0.149 e. The maximum absolute atomic E-state index is 11.7. The summed E-state index contributed by atoms with van der Waals surface area (Å²) in [5.74, 6) is 0.823. The first-order chi connectivity index (χ1) is 25.2. The Balaban J connectivity index is 1.27. The summed E-state index contributed by atoms with van der Waals surface area (Å²) in [6, 6.07) is 55.4. The summed E-state index contributed by atoms with van der Waals surface area (Å²) in [5.41, 5.74) is 10.7. The summed E-state index contributed by atoms with van der Waals surface area (Å²) in [5, 5.41) is 16.0. The second-order valence-corrected chi connectivity index (χ2v) is 12.8. The molecule has 0 spiro atoms. The predicted octanol–water partition coefficient (Wildman–Crippen LogP) is 11.8. The highest BCUT2D eigenvalue weighted by molar-refractivity contribution is 6.12. The van der Waals surface area contributed by atoms with E-state index >= 15 is 0 Å². The third kappa shape index (κ3) is 4.71. The van der Waals surface area contributed by atoms with Gasteiger partial charge < -0.3 is 9.52 Å². The zero-order valence-electron chi connectivity index (χ0n) is 27.4. The summed E-state index contributed by atoms with van der Waals surface area (Å²) >= 11 is 0. The van der Waals surface area contributed by atoms with Crippen molar-refractivity contribution < 1.29 is 9.52 Å². The van der Waals surface area contributed by atoms with Gasteiger partial charge in [0, 0.05) is 33.5 Å².